The molecular weight excluding hydrogens is 311 g/mol. The van der Waals surface area contributed by atoms with Crippen LogP contribution in [0.1, 0.15) is 31.9 Å². The smallest absolute Gasteiger partial charge is 0.416 e. The number of benzene rings is 1. The highest BCUT2D eigenvalue weighted by Crippen LogP contribution is 2.30. The van der Waals surface area contributed by atoms with E-state index in [1.54, 1.807) is 20.8 Å². The SMILES string of the molecule is CC(Cc1cccc(C(F)(F)F)c1)C(=O)N(CC(=O)O)C(C)C. The summed E-state index contributed by atoms with van der Waals surface area (Å²) in [6.45, 7) is 4.54. The Morgan fingerprint density at radius 3 is 2.30 bits per heavy atom. The topological polar surface area (TPSA) is 57.6 Å². The van der Waals surface area contributed by atoms with E-state index in [9.17, 15) is 22.8 Å². The van der Waals surface area contributed by atoms with Gasteiger partial charge in [-0.15, -0.1) is 0 Å². The van der Waals surface area contributed by atoms with Crippen molar-refractivity contribution in [3.8, 4) is 0 Å². The maximum absolute atomic E-state index is 12.7. The van der Waals surface area contributed by atoms with Crippen molar-refractivity contribution in [2.45, 2.75) is 39.4 Å². The van der Waals surface area contributed by atoms with Crippen LogP contribution in [0.15, 0.2) is 24.3 Å². The Hall–Kier alpha value is -2.05. The number of hydrogen-bond acceptors (Lipinski definition) is 2. The van der Waals surface area contributed by atoms with Crippen LogP contribution >= 0.6 is 0 Å². The molecule has 0 saturated heterocycles. The molecule has 128 valence electrons. The van der Waals surface area contributed by atoms with Gasteiger partial charge in [0.05, 0.1) is 5.56 Å². The van der Waals surface area contributed by atoms with Crippen LogP contribution in [0.2, 0.25) is 0 Å². The molecule has 1 rings (SSSR count). The van der Waals surface area contributed by atoms with Gasteiger partial charge in [0.2, 0.25) is 5.91 Å². The molecule has 1 unspecified atom stereocenters. The van der Waals surface area contributed by atoms with Gasteiger partial charge in [0.25, 0.3) is 0 Å². The number of amides is 1. The number of halogens is 3. The number of hydrogen-bond donors (Lipinski definition) is 1. The van der Waals surface area contributed by atoms with Crippen molar-refractivity contribution in [1.29, 1.82) is 0 Å². The molecule has 0 aliphatic heterocycles. The van der Waals surface area contributed by atoms with Gasteiger partial charge in [-0.3, -0.25) is 9.59 Å². The van der Waals surface area contributed by atoms with Crippen molar-refractivity contribution >= 4 is 11.9 Å². The third-order valence-corrected chi connectivity index (χ3v) is 3.43. The van der Waals surface area contributed by atoms with E-state index in [2.05, 4.69) is 0 Å². The predicted molar refractivity (Wildman–Crippen MR) is 78.8 cm³/mol. The number of carboxylic acids is 1. The molecule has 0 aliphatic carbocycles. The van der Waals surface area contributed by atoms with E-state index in [4.69, 9.17) is 5.11 Å². The van der Waals surface area contributed by atoms with Crippen LogP contribution in [-0.2, 0) is 22.2 Å². The van der Waals surface area contributed by atoms with Crippen molar-refractivity contribution in [3.05, 3.63) is 35.4 Å². The maximum Gasteiger partial charge on any atom is 0.416 e. The summed E-state index contributed by atoms with van der Waals surface area (Å²) in [4.78, 5) is 24.4. The quantitative estimate of drug-likeness (QED) is 0.871. The lowest BCUT2D eigenvalue weighted by Crippen LogP contribution is -2.43. The van der Waals surface area contributed by atoms with Gasteiger partial charge in [0.1, 0.15) is 6.54 Å². The van der Waals surface area contributed by atoms with Crippen molar-refractivity contribution in [2.75, 3.05) is 6.54 Å². The second kappa shape index (κ2) is 7.48. The third-order valence-electron chi connectivity index (χ3n) is 3.43. The van der Waals surface area contributed by atoms with E-state index < -0.39 is 30.2 Å². The average molecular weight is 331 g/mol. The highest BCUT2D eigenvalue weighted by atomic mass is 19.4. The van der Waals surface area contributed by atoms with Crippen LogP contribution in [-0.4, -0.2) is 34.5 Å². The summed E-state index contributed by atoms with van der Waals surface area (Å²) in [7, 11) is 0. The third kappa shape index (κ3) is 5.58. The Morgan fingerprint density at radius 1 is 1.22 bits per heavy atom. The first-order valence-corrected chi connectivity index (χ1v) is 7.20. The molecule has 0 bridgehead atoms. The van der Waals surface area contributed by atoms with Gasteiger partial charge in [0, 0.05) is 12.0 Å². The summed E-state index contributed by atoms with van der Waals surface area (Å²) >= 11 is 0. The first-order valence-electron chi connectivity index (χ1n) is 7.20. The highest BCUT2D eigenvalue weighted by molar-refractivity contribution is 5.83. The fraction of sp³-hybridized carbons (Fsp3) is 0.500. The predicted octanol–water partition coefficient (Wildman–Crippen LogP) is 3.21. The molecule has 0 aromatic heterocycles. The molecule has 23 heavy (non-hydrogen) atoms. The largest absolute Gasteiger partial charge is 0.480 e. The first-order chi connectivity index (χ1) is 10.5. The number of aliphatic carboxylic acids is 1. The van der Waals surface area contributed by atoms with Gasteiger partial charge in [-0.05, 0) is 31.9 Å². The van der Waals surface area contributed by atoms with Crippen LogP contribution in [0.4, 0.5) is 13.2 Å². The second-order valence-corrected chi connectivity index (χ2v) is 5.76. The van der Waals surface area contributed by atoms with E-state index in [-0.39, 0.29) is 18.4 Å². The minimum Gasteiger partial charge on any atom is -0.480 e. The minimum absolute atomic E-state index is 0.117. The zero-order chi connectivity index (χ0) is 17.8. The molecule has 1 N–H and O–H groups in total. The lowest BCUT2D eigenvalue weighted by atomic mass is 9.97. The number of alkyl halides is 3. The van der Waals surface area contributed by atoms with Crippen LogP contribution in [0.3, 0.4) is 0 Å². The van der Waals surface area contributed by atoms with Gasteiger partial charge in [-0.25, -0.2) is 0 Å². The van der Waals surface area contributed by atoms with Crippen LogP contribution in [0, 0.1) is 5.92 Å². The van der Waals surface area contributed by atoms with E-state index in [0.717, 1.165) is 12.1 Å². The number of carboxylic acid groups (broad SMARTS) is 1. The zero-order valence-corrected chi connectivity index (χ0v) is 13.2. The standard InChI is InChI=1S/C16H20F3NO3/c1-10(2)20(9-14(21)22)15(23)11(3)7-12-5-4-6-13(8-12)16(17,18)19/h4-6,8,10-11H,7,9H2,1-3H3,(H,21,22). The van der Waals surface area contributed by atoms with Crippen molar-refractivity contribution in [2.24, 2.45) is 5.92 Å². The normalized spacial score (nSPS) is 13.0. The van der Waals surface area contributed by atoms with Gasteiger partial charge in [0.15, 0.2) is 0 Å². The monoisotopic (exact) mass is 331 g/mol. The summed E-state index contributed by atoms with van der Waals surface area (Å²) in [5.41, 5.74) is -0.374. The highest BCUT2D eigenvalue weighted by Gasteiger charge is 2.31. The molecular formula is C16H20F3NO3. The maximum atomic E-state index is 12.7. The molecule has 1 amide bonds. The Morgan fingerprint density at radius 2 is 1.83 bits per heavy atom. The molecule has 0 saturated carbocycles. The van der Waals surface area contributed by atoms with Crippen molar-refractivity contribution < 1.29 is 27.9 Å². The molecule has 0 spiro atoms. The summed E-state index contributed by atoms with van der Waals surface area (Å²) in [5.74, 6) is -2.13. The summed E-state index contributed by atoms with van der Waals surface area (Å²) in [6, 6.07) is 4.51. The van der Waals surface area contributed by atoms with Crippen molar-refractivity contribution in [3.63, 3.8) is 0 Å². The fourth-order valence-electron chi connectivity index (χ4n) is 2.26. The number of nitrogens with zero attached hydrogens (tertiary/aromatic N) is 1. The van der Waals surface area contributed by atoms with Gasteiger partial charge >= 0.3 is 12.1 Å². The van der Waals surface area contributed by atoms with Crippen molar-refractivity contribution in [1.82, 2.24) is 4.90 Å². The summed E-state index contributed by atoms with van der Waals surface area (Å²) < 4.78 is 38.1. The van der Waals surface area contributed by atoms with E-state index in [0.29, 0.717) is 5.56 Å². The van der Waals surface area contributed by atoms with Crippen LogP contribution < -0.4 is 0 Å². The molecule has 0 heterocycles. The number of carbonyl (C=O) groups excluding carboxylic acids is 1. The molecule has 7 heteroatoms. The Labute approximate surface area is 132 Å². The molecule has 1 aromatic rings. The minimum atomic E-state index is -4.43. The Balaban J connectivity index is 2.87. The molecule has 0 aliphatic rings. The Bertz CT molecular complexity index is 570. The molecule has 0 radical (unpaired) electrons. The number of rotatable bonds is 6. The van der Waals surface area contributed by atoms with E-state index in [1.807, 2.05) is 0 Å². The molecule has 4 nitrogen and oxygen atoms in total. The second-order valence-electron chi connectivity index (χ2n) is 5.76. The average Bonchev–Trinajstić information content (AvgIpc) is 2.43. The van der Waals surface area contributed by atoms with E-state index in [1.165, 1.54) is 17.0 Å². The van der Waals surface area contributed by atoms with E-state index >= 15 is 0 Å². The fourth-order valence-corrected chi connectivity index (χ4v) is 2.26. The molecule has 0 fully saturated rings. The van der Waals surface area contributed by atoms with Crippen LogP contribution in [0.25, 0.3) is 0 Å². The summed E-state index contributed by atoms with van der Waals surface area (Å²) in [6.07, 6.45) is -4.32. The van der Waals surface area contributed by atoms with Gasteiger partial charge < -0.3 is 10.0 Å². The lowest BCUT2D eigenvalue weighted by molar-refractivity contribution is -0.147. The van der Waals surface area contributed by atoms with Gasteiger partial charge in [-0.1, -0.05) is 25.1 Å². The van der Waals surface area contributed by atoms with Gasteiger partial charge in [-0.2, -0.15) is 13.2 Å². The lowest BCUT2D eigenvalue weighted by Gasteiger charge is -2.28. The zero-order valence-electron chi connectivity index (χ0n) is 13.2. The summed E-state index contributed by atoms with van der Waals surface area (Å²) in [5, 5.41) is 8.86. The number of carbonyl (C=O) groups is 2. The van der Waals surface area contributed by atoms with Crippen LogP contribution in [0.5, 0.6) is 0 Å². The molecule has 1 aromatic carbocycles. The molecule has 1 atom stereocenters. The Kier molecular flexibility index (Phi) is 6.18. The first kappa shape index (κ1) is 19.0.